The Bertz CT molecular complexity index is 724. The van der Waals surface area contributed by atoms with Gasteiger partial charge in [0.25, 0.3) is 5.56 Å². The van der Waals surface area contributed by atoms with E-state index in [0.29, 0.717) is 23.8 Å². The van der Waals surface area contributed by atoms with Crippen molar-refractivity contribution in [2.75, 3.05) is 12.4 Å². The second-order valence-electron chi connectivity index (χ2n) is 4.28. The summed E-state index contributed by atoms with van der Waals surface area (Å²) in [6.45, 7) is 1.88. The Morgan fingerprint density at radius 2 is 2.19 bits per heavy atom. The first kappa shape index (κ1) is 14.6. The molecule has 1 heterocycles. The summed E-state index contributed by atoms with van der Waals surface area (Å²) in [6, 6.07) is 5.88. The SMILES string of the molecule is CCc1nc(Nc2ccc(C(=O)O)c(OC)c2)cc(=O)[nH]1. The molecule has 0 aliphatic rings. The number of aromatic carboxylic acids is 1. The molecule has 1 aromatic heterocycles. The number of H-pyrrole nitrogens is 1. The first-order valence-electron chi connectivity index (χ1n) is 6.32. The van der Waals surface area contributed by atoms with Gasteiger partial charge in [0.15, 0.2) is 0 Å². The van der Waals surface area contributed by atoms with Gasteiger partial charge in [-0.05, 0) is 12.1 Å². The maximum atomic E-state index is 11.5. The number of hydrogen-bond acceptors (Lipinski definition) is 5. The lowest BCUT2D eigenvalue weighted by Gasteiger charge is -2.10. The highest BCUT2D eigenvalue weighted by Crippen LogP contribution is 2.24. The lowest BCUT2D eigenvalue weighted by atomic mass is 10.2. The Morgan fingerprint density at radius 3 is 2.81 bits per heavy atom. The van der Waals surface area contributed by atoms with Crippen LogP contribution in [0.15, 0.2) is 29.1 Å². The highest BCUT2D eigenvalue weighted by molar-refractivity contribution is 5.91. The largest absolute Gasteiger partial charge is 0.496 e. The Labute approximate surface area is 120 Å². The molecule has 0 aliphatic heterocycles. The number of aryl methyl sites for hydroxylation is 1. The van der Waals surface area contributed by atoms with Crippen molar-refractivity contribution in [2.45, 2.75) is 13.3 Å². The minimum absolute atomic E-state index is 0.0659. The van der Waals surface area contributed by atoms with E-state index in [1.54, 1.807) is 6.07 Å². The van der Waals surface area contributed by atoms with Crippen molar-refractivity contribution in [3.05, 3.63) is 46.0 Å². The molecule has 0 saturated heterocycles. The number of hydrogen-bond donors (Lipinski definition) is 3. The molecule has 0 unspecified atom stereocenters. The number of anilines is 2. The van der Waals surface area contributed by atoms with E-state index in [4.69, 9.17) is 9.84 Å². The van der Waals surface area contributed by atoms with E-state index in [-0.39, 0.29) is 16.9 Å². The number of rotatable bonds is 5. The third-order valence-corrected chi connectivity index (χ3v) is 2.83. The monoisotopic (exact) mass is 289 g/mol. The van der Waals surface area contributed by atoms with Gasteiger partial charge in [0.2, 0.25) is 0 Å². The zero-order valence-electron chi connectivity index (χ0n) is 11.6. The summed E-state index contributed by atoms with van der Waals surface area (Å²) in [5.74, 6) is 0.119. The van der Waals surface area contributed by atoms with E-state index < -0.39 is 5.97 Å². The zero-order valence-corrected chi connectivity index (χ0v) is 11.6. The second kappa shape index (κ2) is 6.08. The average molecular weight is 289 g/mol. The van der Waals surface area contributed by atoms with Crippen LogP contribution in [-0.4, -0.2) is 28.2 Å². The molecular formula is C14H15N3O4. The fraction of sp³-hybridized carbons (Fsp3) is 0.214. The summed E-state index contributed by atoms with van der Waals surface area (Å²) in [7, 11) is 1.40. The number of carbonyl (C=O) groups is 1. The van der Waals surface area contributed by atoms with Crippen LogP contribution in [0.3, 0.4) is 0 Å². The first-order valence-corrected chi connectivity index (χ1v) is 6.32. The Balaban J connectivity index is 2.34. The quantitative estimate of drug-likeness (QED) is 0.775. The van der Waals surface area contributed by atoms with Gasteiger partial charge < -0.3 is 20.1 Å². The molecule has 1 aromatic carbocycles. The van der Waals surface area contributed by atoms with E-state index >= 15 is 0 Å². The molecule has 0 bridgehead atoms. The van der Waals surface area contributed by atoms with Crippen LogP contribution in [-0.2, 0) is 6.42 Å². The molecule has 0 amide bonds. The molecule has 2 rings (SSSR count). The molecule has 0 spiro atoms. The van der Waals surface area contributed by atoms with E-state index in [1.807, 2.05) is 6.92 Å². The van der Waals surface area contributed by atoms with Crippen LogP contribution in [0.1, 0.15) is 23.1 Å². The predicted octanol–water partition coefficient (Wildman–Crippen LogP) is 1.78. The average Bonchev–Trinajstić information content (AvgIpc) is 2.46. The standard InChI is InChI=1S/C14H15N3O4/c1-3-11-16-12(7-13(18)17-11)15-8-4-5-9(14(19)20)10(6-8)21-2/h4-7H,3H2,1-2H3,(H,19,20)(H2,15,16,17,18). The Morgan fingerprint density at radius 1 is 1.43 bits per heavy atom. The number of carboxylic acids is 1. The Kier molecular flexibility index (Phi) is 4.22. The number of carboxylic acid groups (broad SMARTS) is 1. The third kappa shape index (κ3) is 3.38. The summed E-state index contributed by atoms with van der Waals surface area (Å²) < 4.78 is 5.04. The maximum absolute atomic E-state index is 11.5. The number of methoxy groups -OCH3 is 1. The van der Waals surface area contributed by atoms with Crippen molar-refractivity contribution in [3.63, 3.8) is 0 Å². The molecule has 0 aliphatic carbocycles. The molecule has 2 aromatic rings. The maximum Gasteiger partial charge on any atom is 0.339 e. The van der Waals surface area contributed by atoms with Crippen molar-refractivity contribution in [1.29, 1.82) is 0 Å². The Hall–Kier alpha value is -2.83. The lowest BCUT2D eigenvalue weighted by molar-refractivity contribution is 0.0693. The van der Waals surface area contributed by atoms with Crippen LogP contribution in [0.5, 0.6) is 5.75 Å². The van der Waals surface area contributed by atoms with Gasteiger partial charge in [-0.15, -0.1) is 0 Å². The summed E-state index contributed by atoms with van der Waals surface area (Å²) >= 11 is 0. The van der Waals surface area contributed by atoms with E-state index in [1.165, 1.54) is 25.3 Å². The minimum atomic E-state index is -1.07. The van der Waals surface area contributed by atoms with Crippen molar-refractivity contribution in [2.24, 2.45) is 0 Å². The fourth-order valence-electron chi connectivity index (χ4n) is 1.83. The smallest absolute Gasteiger partial charge is 0.339 e. The predicted molar refractivity (Wildman–Crippen MR) is 77.5 cm³/mol. The molecule has 0 fully saturated rings. The molecular weight excluding hydrogens is 274 g/mol. The summed E-state index contributed by atoms with van der Waals surface area (Å²) in [4.78, 5) is 29.4. The molecule has 0 atom stereocenters. The van der Waals surface area contributed by atoms with Gasteiger partial charge in [0, 0.05) is 24.2 Å². The number of aromatic nitrogens is 2. The van der Waals surface area contributed by atoms with Gasteiger partial charge in [-0.1, -0.05) is 6.92 Å². The van der Waals surface area contributed by atoms with E-state index in [0.717, 1.165) is 0 Å². The fourth-order valence-corrected chi connectivity index (χ4v) is 1.83. The summed E-state index contributed by atoms with van der Waals surface area (Å²) in [5.41, 5.74) is 0.395. The van der Waals surface area contributed by atoms with Gasteiger partial charge in [-0.3, -0.25) is 4.79 Å². The first-order chi connectivity index (χ1) is 10.0. The van der Waals surface area contributed by atoms with Crippen LogP contribution in [0.2, 0.25) is 0 Å². The molecule has 7 nitrogen and oxygen atoms in total. The second-order valence-corrected chi connectivity index (χ2v) is 4.28. The third-order valence-electron chi connectivity index (χ3n) is 2.83. The molecule has 0 radical (unpaired) electrons. The van der Waals surface area contributed by atoms with Crippen molar-refractivity contribution in [1.82, 2.24) is 9.97 Å². The van der Waals surface area contributed by atoms with Crippen LogP contribution in [0.25, 0.3) is 0 Å². The van der Waals surface area contributed by atoms with Crippen LogP contribution >= 0.6 is 0 Å². The minimum Gasteiger partial charge on any atom is -0.496 e. The van der Waals surface area contributed by atoms with Crippen molar-refractivity contribution in [3.8, 4) is 5.75 Å². The number of ether oxygens (including phenoxy) is 1. The summed E-state index contributed by atoms with van der Waals surface area (Å²) in [6.07, 6.45) is 0.603. The van der Waals surface area contributed by atoms with E-state index in [2.05, 4.69) is 15.3 Å². The molecule has 21 heavy (non-hydrogen) atoms. The van der Waals surface area contributed by atoms with Gasteiger partial charge in [-0.25, -0.2) is 9.78 Å². The van der Waals surface area contributed by atoms with Gasteiger partial charge in [0.05, 0.1) is 7.11 Å². The summed E-state index contributed by atoms with van der Waals surface area (Å²) in [5, 5.41) is 12.0. The van der Waals surface area contributed by atoms with Crippen LogP contribution < -0.4 is 15.6 Å². The molecule has 110 valence electrons. The number of nitrogens with zero attached hydrogens (tertiary/aromatic N) is 1. The molecule has 3 N–H and O–H groups in total. The normalized spacial score (nSPS) is 10.2. The zero-order chi connectivity index (χ0) is 15.4. The van der Waals surface area contributed by atoms with Gasteiger partial charge in [0.1, 0.15) is 23.0 Å². The highest BCUT2D eigenvalue weighted by Gasteiger charge is 2.11. The topological polar surface area (TPSA) is 104 Å². The number of nitrogens with one attached hydrogen (secondary N) is 2. The van der Waals surface area contributed by atoms with Crippen LogP contribution in [0.4, 0.5) is 11.5 Å². The van der Waals surface area contributed by atoms with Gasteiger partial charge in [-0.2, -0.15) is 0 Å². The molecule has 0 saturated carbocycles. The number of aromatic amines is 1. The molecule has 7 heteroatoms. The number of benzene rings is 1. The lowest BCUT2D eigenvalue weighted by Crippen LogP contribution is -2.11. The van der Waals surface area contributed by atoms with Crippen LogP contribution in [0, 0.1) is 0 Å². The van der Waals surface area contributed by atoms with Crippen molar-refractivity contribution >= 4 is 17.5 Å². The van der Waals surface area contributed by atoms with E-state index in [9.17, 15) is 9.59 Å². The van der Waals surface area contributed by atoms with Gasteiger partial charge >= 0.3 is 5.97 Å². The van der Waals surface area contributed by atoms with Crippen molar-refractivity contribution < 1.29 is 14.6 Å². The highest BCUT2D eigenvalue weighted by atomic mass is 16.5.